The summed E-state index contributed by atoms with van der Waals surface area (Å²) in [4.78, 5) is 39.0. The number of nitrogens with one attached hydrogen (secondary N) is 2. The van der Waals surface area contributed by atoms with Gasteiger partial charge in [-0.05, 0) is 31.9 Å². The molecule has 1 aromatic carbocycles. The third-order valence-corrected chi connectivity index (χ3v) is 4.01. The number of carbonyl (C=O) groups is 3. The maximum atomic E-state index is 13.0. The Morgan fingerprint density at radius 2 is 2.12 bits per heavy atom. The van der Waals surface area contributed by atoms with E-state index < -0.39 is 24.0 Å². The smallest absolute Gasteiger partial charge is 0.268 e. The first kappa shape index (κ1) is 17.9. The van der Waals surface area contributed by atoms with Crippen LogP contribution in [0.15, 0.2) is 18.2 Å². The topological polar surface area (TPSA) is 105 Å². The third kappa shape index (κ3) is 3.56. The minimum atomic E-state index is -1.07. The van der Waals surface area contributed by atoms with Crippen molar-refractivity contribution in [2.45, 2.75) is 45.8 Å². The average Bonchev–Trinajstić information content (AvgIpc) is 2.62. The zero-order chi connectivity index (χ0) is 17.9. The molecule has 24 heavy (non-hydrogen) atoms. The van der Waals surface area contributed by atoms with Gasteiger partial charge in [-0.2, -0.15) is 0 Å². The Bertz CT molecular complexity index is 657. The molecule has 1 aliphatic heterocycles. The Hall–Kier alpha value is -2.41. The summed E-state index contributed by atoms with van der Waals surface area (Å²) in [6.07, 6.45) is 0.513. The van der Waals surface area contributed by atoms with E-state index in [9.17, 15) is 14.4 Å². The molecule has 1 unspecified atom stereocenters. The molecule has 0 aliphatic carbocycles. The average molecular weight is 332 g/mol. The molecule has 2 atom stereocenters. The van der Waals surface area contributed by atoms with Crippen molar-refractivity contribution < 1.29 is 14.4 Å². The van der Waals surface area contributed by atoms with Gasteiger partial charge in [-0.25, -0.2) is 0 Å². The molecular formula is C17H24N4O3. The van der Waals surface area contributed by atoms with Crippen LogP contribution in [0.1, 0.15) is 42.6 Å². The maximum Gasteiger partial charge on any atom is 0.268 e. The number of rotatable bonds is 5. The Kier molecular flexibility index (Phi) is 5.56. The summed E-state index contributed by atoms with van der Waals surface area (Å²) in [5, 5.41) is 5.32. The van der Waals surface area contributed by atoms with Crippen molar-refractivity contribution >= 4 is 23.4 Å². The van der Waals surface area contributed by atoms with Crippen molar-refractivity contribution in [1.29, 1.82) is 0 Å². The molecule has 0 saturated carbocycles. The number of carbonyl (C=O) groups excluding carboxylic acids is 3. The molecule has 3 amide bonds. The van der Waals surface area contributed by atoms with Crippen LogP contribution in [0.5, 0.6) is 0 Å². The van der Waals surface area contributed by atoms with Gasteiger partial charge in [0.2, 0.25) is 5.91 Å². The summed E-state index contributed by atoms with van der Waals surface area (Å²) in [6, 6.07) is 4.51. The minimum Gasteiger partial charge on any atom is -0.326 e. The Labute approximate surface area is 141 Å². The molecule has 0 bridgehead atoms. The Morgan fingerprint density at radius 1 is 1.42 bits per heavy atom. The molecule has 0 aromatic heterocycles. The number of nitrogens with two attached hydrogens (primary N) is 1. The quantitative estimate of drug-likeness (QED) is 0.747. The van der Waals surface area contributed by atoms with E-state index >= 15 is 0 Å². The zero-order valence-electron chi connectivity index (χ0n) is 14.3. The standard InChI is InChI=1S/C17H24N4O3/c1-4-5-9-21-14(20-15(22)11(3)18)16(23)19-12-8-6-7-10(2)13(12)17(21)24/h6-8,11,14H,4-5,9,18H2,1-3H3,(H,19,23)(H,20,22)/t11-,14?/m0/s1. The lowest BCUT2D eigenvalue weighted by atomic mass is 10.1. The Morgan fingerprint density at radius 3 is 2.75 bits per heavy atom. The van der Waals surface area contributed by atoms with Crippen LogP contribution in [0.2, 0.25) is 0 Å². The number of fused-ring (bicyclic) bond motifs is 1. The monoisotopic (exact) mass is 332 g/mol. The lowest BCUT2D eigenvalue weighted by molar-refractivity contribution is -0.130. The van der Waals surface area contributed by atoms with Gasteiger partial charge >= 0.3 is 0 Å². The lowest BCUT2D eigenvalue weighted by Crippen LogP contribution is -2.58. The van der Waals surface area contributed by atoms with E-state index in [-0.39, 0.29) is 5.91 Å². The second kappa shape index (κ2) is 7.44. The van der Waals surface area contributed by atoms with Crippen LogP contribution in [0.25, 0.3) is 0 Å². The van der Waals surface area contributed by atoms with Crippen LogP contribution in [-0.4, -0.2) is 41.4 Å². The number of anilines is 1. The van der Waals surface area contributed by atoms with Crippen LogP contribution < -0.4 is 16.4 Å². The molecular weight excluding hydrogens is 308 g/mol. The molecule has 1 aromatic rings. The molecule has 1 aliphatic rings. The van der Waals surface area contributed by atoms with Crippen LogP contribution in [0, 0.1) is 6.92 Å². The van der Waals surface area contributed by atoms with Gasteiger partial charge in [-0.15, -0.1) is 0 Å². The second-order valence-corrected chi connectivity index (χ2v) is 6.04. The summed E-state index contributed by atoms with van der Waals surface area (Å²) in [7, 11) is 0. The highest BCUT2D eigenvalue weighted by Crippen LogP contribution is 2.26. The van der Waals surface area contributed by atoms with Crippen molar-refractivity contribution in [3.05, 3.63) is 29.3 Å². The van der Waals surface area contributed by atoms with Crippen molar-refractivity contribution in [1.82, 2.24) is 10.2 Å². The van der Waals surface area contributed by atoms with Crippen molar-refractivity contribution in [2.75, 3.05) is 11.9 Å². The van der Waals surface area contributed by atoms with Crippen LogP contribution in [-0.2, 0) is 9.59 Å². The van der Waals surface area contributed by atoms with Gasteiger partial charge in [-0.3, -0.25) is 14.4 Å². The van der Waals surface area contributed by atoms with Gasteiger partial charge in [0.15, 0.2) is 6.17 Å². The molecule has 0 radical (unpaired) electrons. The highest BCUT2D eigenvalue weighted by molar-refractivity contribution is 6.11. The normalized spacial score (nSPS) is 18.5. The second-order valence-electron chi connectivity index (χ2n) is 6.04. The van der Waals surface area contributed by atoms with Crippen LogP contribution >= 0.6 is 0 Å². The number of aryl methyl sites for hydroxylation is 1. The summed E-state index contributed by atoms with van der Waals surface area (Å²) < 4.78 is 0. The first-order valence-corrected chi connectivity index (χ1v) is 8.14. The van der Waals surface area contributed by atoms with E-state index in [1.54, 1.807) is 12.1 Å². The molecule has 7 heteroatoms. The van der Waals surface area contributed by atoms with Gasteiger partial charge in [0, 0.05) is 6.54 Å². The molecule has 0 saturated heterocycles. The van der Waals surface area contributed by atoms with Crippen molar-refractivity contribution in [2.24, 2.45) is 5.73 Å². The molecule has 1 heterocycles. The molecule has 0 fully saturated rings. The molecule has 2 rings (SSSR count). The molecule has 7 nitrogen and oxygen atoms in total. The predicted molar refractivity (Wildman–Crippen MR) is 91.3 cm³/mol. The third-order valence-electron chi connectivity index (χ3n) is 4.01. The van der Waals surface area contributed by atoms with E-state index in [0.717, 1.165) is 18.4 Å². The highest BCUT2D eigenvalue weighted by atomic mass is 16.2. The lowest BCUT2D eigenvalue weighted by Gasteiger charge is -2.29. The summed E-state index contributed by atoms with van der Waals surface area (Å²) in [5.74, 6) is -1.20. The number of hydrogen-bond donors (Lipinski definition) is 3. The number of nitrogens with zero attached hydrogens (tertiary/aromatic N) is 1. The van der Waals surface area contributed by atoms with Crippen LogP contribution in [0.4, 0.5) is 5.69 Å². The number of unbranched alkanes of at least 4 members (excludes halogenated alkanes) is 1. The molecule has 130 valence electrons. The number of benzene rings is 1. The van der Waals surface area contributed by atoms with E-state index in [1.807, 2.05) is 19.9 Å². The number of hydrogen-bond acceptors (Lipinski definition) is 4. The molecule has 0 spiro atoms. The van der Waals surface area contributed by atoms with Gasteiger partial charge in [-0.1, -0.05) is 25.5 Å². The fourth-order valence-electron chi connectivity index (χ4n) is 2.63. The summed E-state index contributed by atoms with van der Waals surface area (Å²) >= 11 is 0. The van der Waals surface area contributed by atoms with E-state index in [0.29, 0.717) is 17.8 Å². The van der Waals surface area contributed by atoms with Crippen LogP contribution in [0.3, 0.4) is 0 Å². The predicted octanol–water partition coefficient (Wildman–Crippen LogP) is 0.979. The van der Waals surface area contributed by atoms with Gasteiger partial charge < -0.3 is 21.3 Å². The largest absolute Gasteiger partial charge is 0.326 e. The van der Waals surface area contributed by atoms with E-state index in [4.69, 9.17) is 5.73 Å². The molecule has 4 N–H and O–H groups in total. The summed E-state index contributed by atoms with van der Waals surface area (Å²) in [5.41, 5.74) is 7.28. The number of amides is 3. The van der Waals surface area contributed by atoms with E-state index in [1.165, 1.54) is 11.8 Å². The zero-order valence-corrected chi connectivity index (χ0v) is 14.3. The minimum absolute atomic E-state index is 0.273. The van der Waals surface area contributed by atoms with Crippen molar-refractivity contribution in [3.63, 3.8) is 0 Å². The first-order chi connectivity index (χ1) is 11.4. The SMILES string of the molecule is CCCCN1C(=O)c2c(C)cccc2NC(=O)C1NC(=O)[C@H](C)N. The van der Waals surface area contributed by atoms with E-state index in [2.05, 4.69) is 10.6 Å². The Balaban J connectivity index is 2.44. The fraction of sp³-hybridized carbons (Fsp3) is 0.471. The fourth-order valence-corrected chi connectivity index (χ4v) is 2.63. The van der Waals surface area contributed by atoms with Gasteiger partial charge in [0.25, 0.3) is 11.8 Å². The van der Waals surface area contributed by atoms with Gasteiger partial charge in [0.1, 0.15) is 0 Å². The first-order valence-electron chi connectivity index (χ1n) is 8.14. The maximum absolute atomic E-state index is 13.0. The highest BCUT2D eigenvalue weighted by Gasteiger charge is 2.37. The van der Waals surface area contributed by atoms with Gasteiger partial charge in [0.05, 0.1) is 17.3 Å². The van der Waals surface area contributed by atoms with Crippen molar-refractivity contribution in [3.8, 4) is 0 Å². The summed E-state index contributed by atoms with van der Waals surface area (Å²) in [6.45, 7) is 5.72.